The lowest BCUT2D eigenvalue weighted by molar-refractivity contribution is -0.143. The van der Waals surface area contributed by atoms with Gasteiger partial charge in [0.2, 0.25) is 5.67 Å². The van der Waals surface area contributed by atoms with Crippen LogP contribution in [0.15, 0.2) is 48.8 Å². The number of carbonyl (C=O) groups excluding carboxylic acids is 2. The number of benzene rings is 1. The second kappa shape index (κ2) is 9.46. The number of pyridine rings is 2. The number of hydrogen-bond donors (Lipinski definition) is 1. The summed E-state index contributed by atoms with van der Waals surface area (Å²) in [4.78, 5) is 34.8. The van der Waals surface area contributed by atoms with Crippen molar-refractivity contribution in [2.45, 2.75) is 38.0 Å². The van der Waals surface area contributed by atoms with Crippen molar-refractivity contribution in [3.63, 3.8) is 0 Å². The van der Waals surface area contributed by atoms with E-state index in [9.17, 15) is 22.8 Å². The van der Waals surface area contributed by atoms with Crippen LogP contribution in [0.1, 0.15) is 46.4 Å². The molecular formula is C27H24F4N4O3. The Kier molecular flexibility index (Phi) is 6.42. The Balaban J connectivity index is 1.49. The molecule has 4 heterocycles. The largest absolute Gasteiger partial charge is 0.433 e. The van der Waals surface area contributed by atoms with Crippen LogP contribution in [0, 0.1) is 6.92 Å². The maximum absolute atomic E-state index is 15.9. The van der Waals surface area contributed by atoms with Crippen LogP contribution in [0.4, 0.5) is 29.1 Å². The SMILES string of the molecule is CCN1C(=O)C2(F)COCC[C@@H]2c2cc(-c3cc(NC(=O)c4ccnc(C(F)(F)F)c4)ccc3C)cnc21. The average molecular weight is 529 g/mol. The molecule has 0 bridgehead atoms. The van der Waals surface area contributed by atoms with Crippen molar-refractivity contribution in [3.05, 3.63) is 71.2 Å². The van der Waals surface area contributed by atoms with Gasteiger partial charge in [0, 0.05) is 53.8 Å². The van der Waals surface area contributed by atoms with Gasteiger partial charge < -0.3 is 10.1 Å². The van der Waals surface area contributed by atoms with E-state index in [0.29, 0.717) is 47.3 Å². The van der Waals surface area contributed by atoms with Crippen molar-refractivity contribution >= 4 is 23.3 Å². The standard InChI is InChI=1S/C27H24F4N4O3/c1-3-35-23-20(21-7-9-38-14-26(21,28)25(35)37)10-17(13-33-23)19-12-18(5-4-15(19)2)34-24(36)16-6-8-32-22(11-16)27(29,30)31/h4-6,8,10-13,21H,3,7,9,14H2,1-2H3,(H,34,36)/t21-,26?/m1/s1. The van der Waals surface area contributed by atoms with Gasteiger partial charge >= 0.3 is 6.18 Å². The number of nitrogens with zero attached hydrogens (tertiary/aromatic N) is 3. The minimum atomic E-state index is -4.67. The number of nitrogens with one attached hydrogen (secondary N) is 1. The number of hydrogen-bond acceptors (Lipinski definition) is 5. The first-order chi connectivity index (χ1) is 18.0. The number of fused-ring (bicyclic) bond motifs is 3. The van der Waals surface area contributed by atoms with Gasteiger partial charge in [-0.05, 0) is 61.7 Å². The third kappa shape index (κ3) is 4.40. The Morgan fingerprint density at radius 3 is 2.74 bits per heavy atom. The molecule has 3 aromatic rings. The molecule has 2 aromatic heterocycles. The van der Waals surface area contributed by atoms with Gasteiger partial charge in [-0.15, -0.1) is 0 Å². The van der Waals surface area contributed by atoms with Gasteiger partial charge in [-0.2, -0.15) is 13.2 Å². The van der Waals surface area contributed by atoms with E-state index in [-0.39, 0.29) is 18.7 Å². The second-order valence-electron chi connectivity index (χ2n) is 9.35. The quantitative estimate of drug-likeness (QED) is 0.465. The Morgan fingerprint density at radius 2 is 2.00 bits per heavy atom. The maximum Gasteiger partial charge on any atom is 0.433 e. The zero-order valence-corrected chi connectivity index (χ0v) is 20.6. The molecule has 1 unspecified atom stereocenters. The highest BCUT2D eigenvalue weighted by Crippen LogP contribution is 2.48. The van der Waals surface area contributed by atoms with E-state index in [1.54, 1.807) is 31.3 Å². The maximum atomic E-state index is 15.9. The first kappa shape index (κ1) is 25.8. The van der Waals surface area contributed by atoms with Gasteiger partial charge in [-0.3, -0.25) is 19.5 Å². The number of anilines is 2. The van der Waals surface area contributed by atoms with E-state index in [1.807, 2.05) is 13.0 Å². The summed E-state index contributed by atoms with van der Waals surface area (Å²) >= 11 is 0. The fraction of sp³-hybridized carbons (Fsp3) is 0.333. The molecule has 1 aromatic carbocycles. The third-order valence-corrected chi connectivity index (χ3v) is 6.98. The zero-order chi connectivity index (χ0) is 27.2. The fourth-order valence-corrected chi connectivity index (χ4v) is 5.02. The summed E-state index contributed by atoms with van der Waals surface area (Å²) in [6, 6.07) is 8.78. The van der Waals surface area contributed by atoms with Crippen LogP contribution in [0.5, 0.6) is 0 Å². The second-order valence-corrected chi connectivity index (χ2v) is 9.35. The minimum Gasteiger partial charge on any atom is -0.378 e. The van der Waals surface area contributed by atoms with E-state index >= 15 is 4.39 Å². The lowest BCUT2D eigenvalue weighted by Crippen LogP contribution is -2.58. The van der Waals surface area contributed by atoms with Crippen molar-refractivity contribution in [2.24, 2.45) is 0 Å². The number of aromatic nitrogens is 2. The predicted molar refractivity (Wildman–Crippen MR) is 132 cm³/mol. The lowest BCUT2D eigenvalue weighted by Gasteiger charge is -2.44. The summed E-state index contributed by atoms with van der Waals surface area (Å²) in [5.41, 5.74) is -0.368. The zero-order valence-electron chi connectivity index (χ0n) is 20.6. The molecule has 0 aliphatic carbocycles. The summed E-state index contributed by atoms with van der Waals surface area (Å²) in [5.74, 6) is -1.66. The summed E-state index contributed by atoms with van der Waals surface area (Å²) in [6.07, 6.45) is -1.82. The van der Waals surface area contributed by atoms with Crippen LogP contribution < -0.4 is 10.2 Å². The number of alkyl halides is 4. The Morgan fingerprint density at radius 1 is 1.21 bits per heavy atom. The third-order valence-electron chi connectivity index (χ3n) is 6.98. The number of amides is 2. The minimum absolute atomic E-state index is 0.187. The number of halogens is 4. The molecule has 5 rings (SSSR count). The average Bonchev–Trinajstić information content (AvgIpc) is 2.90. The molecule has 198 valence electrons. The molecule has 11 heteroatoms. The predicted octanol–water partition coefficient (Wildman–Crippen LogP) is 5.30. The summed E-state index contributed by atoms with van der Waals surface area (Å²) in [7, 11) is 0. The highest BCUT2D eigenvalue weighted by Gasteiger charge is 2.56. The summed E-state index contributed by atoms with van der Waals surface area (Å²) in [5, 5.41) is 2.63. The van der Waals surface area contributed by atoms with E-state index in [2.05, 4.69) is 15.3 Å². The van der Waals surface area contributed by atoms with Gasteiger partial charge in [0.05, 0.1) is 6.61 Å². The molecule has 2 aliphatic rings. The van der Waals surface area contributed by atoms with Crippen LogP contribution in [-0.4, -0.2) is 47.2 Å². The van der Waals surface area contributed by atoms with Crippen LogP contribution in [0.3, 0.4) is 0 Å². The smallest absolute Gasteiger partial charge is 0.378 e. The number of aryl methyl sites for hydroxylation is 1. The van der Waals surface area contributed by atoms with Crippen molar-refractivity contribution in [1.29, 1.82) is 0 Å². The monoisotopic (exact) mass is 528 g/mol. The van der Waals surface area contributed by atoms with E-state index in [0.717, 1.165) is 11.8 Å². The van der Waals surface area contributed by atoms with Crippen LogP contribution in [0.25, 0.3) is 11.1 Å². The molecule has 1 saturated heterocycles. The van der Waals surface area contributed by atoms with Crippen molar-refractivity contribution < 1.29 is 31.9 Å². The molecule has 1 N–H and O–H groups in total. The molecule has 38 heavy (non-hydrogen) atoms. The van der Waals surface area contributed by atoms with Crippen molar-refractivity contribution in [1.82, 2.24) is 9.97 Å². The van der Waals surface area contributed by atoms with E-state index in [4.69, 9.17) is 4.74 Å². The fourth-order valence-electron chi connectivity index (χ4n) is 5.02. The summed E-state index contributed by atoms with van der Waals surface area (Å²) < 4.78 is 60.3. The van der Waals surface area contributed by atoms with Crippen LogP contribution in [-0.2, 0) is 15.7 Å². The van der Waals surface area contributed by atoms with Gasteiger partial charge in [0.1, 0.15) is 11.5 Å². The molecule has 2 atom stereocenters. The first-order valence-corrected chi connectivity index (χ1v) is 12.1. The molecule has 0 spiro atoms. The lowest BCUT2D eigenvalue weighted by atomic mass is 9.76. The van der Waals surface area contributed by atoms with Crippen LogP contribution in [0.2, 0.25) is 0 Å². The van der Waals surface area contributed by atoms with E-state index in [1.165, 1.54) is 11.0 Å². The molecule has 1 fully saturated rings. The highest BCUT2D eigenvalue weighted by atomic mass is 19.4. The van der Waals surface area contributed by atoms with Gasteiger partial charge in [0.25, 0.3) is 11.8 Å². The molecule has 0 saturated carbocycles. The van der Waals surface area contributed by atoms with Crippen molar-refractivity contribution in [2.75, 3.05) is 30.0 Å². The Hall–Kier alpha value is -3.86. The topological polar surface area (TPSA) is 84.4 Å². The summed E-state index contributed by atoms with van der Waals surface area (Å²) in [6.45, 7) is 3.87. The highest BCUT2D eigenvalue weighted by molar-refractivity contribution is 6.05. The van der Waals surface area contributed by atoms with E-state index < -0.39 is 35.3 Å². The molecule has 2 amide bonds. The van der Waals surface area contributed by atoms with Crippen molar-refractivity contribution in [3.8, 4) is 11.1 Å². The normalized spacial score (nSPS) is 21.1. The van der Waals surface area contributed by atoms with Crippen LogP contribution >= 0.6 is 0 Å². The number of ether oxygens (including phenoxy) is 1. The van der Waals surface area contributed by atoms with Gasteiger partial charge in [0.15, 0.2) is 0 Å². The molecule has 7 nitrogen and oxygen atoms in total. The Labute approximate surface area is 215 Å². The Bertz CT molecular complexity index is 1430. The first-order valence-electron chi connectivity index (χ1n) is 12.1. The molecular weight excluding hydrogens is 504 g/mol. The number of rotatable bonds is 4. The molecule has 0 radical (unpaired) electrons. The molecule has 2 aliphatic heterocycles. The van der Waals surface area contributed by atoms with Gasteiger partial charge in [-0.1, -0.05) is 6.07 Å². The van der Waals surface area contributed by atoms with Gasteiger partial charge in [-0.25, -0.2) is 9.37 Å². The number of carbonyl (C=O) groups is 2.